The molecular weight excluding hydrogens is 270 g/mol. The predicted molar refractivity (Wildman–Crippen MR) is 73.0 cm³/mol. The standard InChI is InChI=1S/C16H21NO4/c18-14-12-9-1-2-10(7-9)13(12)15(19)17(14)11-5-3-8(4-6-11)16(20)21/h8-13H,1-7H2,(H,20,21)/t8?,9-,10-,11?,12-,13+/m0/s1. The number of nitrogens with zero attached hydrogens (tertiary/aromatic N) is 1. The molecule has 0 unspecified atom stereocenters. The first-order valence-corrected chi connectivity index (χ1v) is 8.17. The lowest BCUT2D eigenvalue weighted by atomic mass is 9.81. The Hall–Kier alpha value is -1.39. The molecule has 0 spiro atoms. The molecule has 4 rings (SSSR count). The van der Waals surface area contributed by atoms with Crippen molar-refractivity contribution in [1.82, 2.24) is 4.90 Å². The Kier molecular flexibility index (Phi) is 2.88. The van der Waals surface area contributed by atoms with E-state index in [-0.39, 0.29) is 35.6 Å². The van der Waals surface area contributed by atoms with Gasteiger partial charge in [-0.1, -0.05) is 0 Å². The molecule has 114 valence electrons. The zero-order valence-corrected chi connectivity index (χ0v) is 12.0. The van der Waals surface area contributed by atoms with Gasteiger partial charge in [0, 0.05) is 6.04 Å². The number of hydrogen-bond acceptors (Lipinski definition) is 3. The fourth-order valence-corrected chi connectivity index (χ4v) is 5.37. The minimum Gasteiger partial charge on any atom is -0.481 e. The highest BCUT2D eigenvalue weighted by atomic mass is 16.4. The highest BCUT2D eigenvalue weighted by Crippen LogP contribution is 2.56. The number of rotatable bonds is 2. The molecular formula is C16H21NO4. The second-order valence-electron chi connectivity index (χ2n) is 7.27. The number of amides is 2. The number of carboxylic acids is 1. The van der Waals surface area contributed by atoms with Crippen molar-refractivity contribution < 1.29 is 19.5 Å². The third-order valence-electron chi connectivity index (χ3n) is 6.37. The Morgan fingerprint density at radius 3 is 1.90 bits per heavy atom. The topological polar surface area (TPSA) is 74.7 Å². The fraction of sp³-hybridized carbons (Fsp3) is 0.812. The second-order valence-corrected chi connectivity index (χ2v) is 7.27. The van der Waals surface area contributed by atoms with E-state index in [9.17, 15) is 14.4 Å². The summed E-state index contributed by atoms with van der Waals surface area (Å²) >= 11 is 0. The van der Waals surface area contributed by atoms with Gasteiger partial charge in [0.2, 0.25) is 11.8 Å². The number of imide groups is 1. The van der Waals surface area contributed by atoms with Crippen LogP contribution >= 0.6 is 0 Å². The van der Waals surface area contributed by atoms with E-state index in [0.29, 0.717) is 37.5 Å². The summed E-state index contributed by atoms with van der Waals surface area (Å²) in [4.78, 5) is 37.9. The summed E-state index contributed by atoms with van der Waals surface area (Å²) in [6, 6.07) is -0.0504. The normalized spacial score (nSPS) is 45.2. The summed E-state index contributed by atoms with van der Waals surface area (Å²) in [7, 11) is 0. The lowest BCUT2D eigenvalue weighted by Crippen LogP contribution is -2.44. The maximum atomic E-state index is 12.7. The van der Waals surface area contributed by atoms with Crippen LogP contribution < -0.4 is 0 Å². The zero-order valence-electron chi connectivity index (χ0n) is 12.0. The van der Waals surface area contributed by atoms with E-state index in [1.807, 2.05) is 0 Å². The van der Waals surface area contributed by atoms with Crippen molar-refractivity contribution in [2.75, 3.05) is 0 Å². The molecule has 0 radical (unpaired) electrons. The quantitative estimate of drug-likeness (QED) is 0.785. The van der Waals surface area contributed by atoms with E-state index in [2.05, 4.69) is 0 Å². The van der Waals surface area contributed by atoms with Crippen molar-refractivity contribution in [2.45, 2.75) is 51.0 Å². The van der Waals surface area contributed by atoms with Gasteiger partial charge in [-0.15, -0.1) is 0 Å². The molecule has 4 atom stereocenters. The van der Waals surface area contributed by atoms with Crippen molar-refractivity contribution in [3.05, 3.63) is 0 Å². The van der Waals surface area contributed by atoms with Gasteiger partial charge in [0.25, 0.3) is 0 Å². The van der Waals surface area contributed by atoms with E-state index >= 15 is 0 Å². The molecule has 21 heavy (non-hydrogen) atoms. The van der Waals surface area contributed by atoms with Gasteiger partial charge in [-0.2, -0.15) is 0 Å². The minimum absolute atomic E-state index is 0.0477. The summed E-state index contributed by atoms with van der Waals surface area (Å²) in [5.41, 5.74) is 0. The summed E-state index contributed by atoms with van der Waals surface area (Å²) in [5, 5.41) is 9.06. The minimum atomic E-state index is -0.748. The smallest absolute Gasteiger partial charge is 0.306 e. The fourth-order valence-electron chi connectivity index (χ4n) is 5.37. The van der Waals surface area contributed by atoms with Gasteiger partial charge < -0.3 is 5.11 Å². The summed E-state index contributed by atoms with van der Waals surface area (Å²) in [6.45, 7) is 0. The molecule has 4 aliphatic rings. The van der Waals surface area contributed by atoms with Gasteiger partial charge in [0.15, 0.2) is 0 Å². The number of likely N-dealkylation sites (tertiary alicyclic amines) is 1. The van der Waals surface area contributed by atoms with Crippen LogP contribution in [0.5, 0.6) is 0 Å². The Morgan fingerprint density at radius 1 is 0.905 bits per heavy atom. The lowest BCUT2D eigenvalue weighted by molar-refractivity contribution is -0.146. The van der Waals surface area contributed by atoms with Crippen LogP contribution in [0.1, 0.15) is 44.9 Å². The Balaban J connectivity index is 1.51. The molecule has 3 aliphatic carbocycles. The van der Waals surface area contributed by atoms with Crippen molar-refractivity contribution >= 4 is 17.8 Å². The SMILES string of the molecule is O=C(O)C1CCC(N2C(=O)[C@@H]3[C@H]4CC[C@@H](C4)[C@@H]3C2=O)CC1. The number of carbonyl (C=O) groups excluding carboxylic acids is 2. The van der Waals surface area contributed by atoms with E-state index in [4.69, 9.17) is 5.11 Å². The van der Waals surface area contributed by atoms with Crippen molar-refractivity contribution in [2.24, 2.45) is 29.6 Å². The molecule has 1 aliphatic heterocycles. The highest BCUT2D eigenvalue weighted by Gasteiger charge is 2.61. The molecule has 1 saturated heterocycles. The number of hydrogen-bond donors (Lipinski definition) is 1. The van der Waals surface area contributed by atoms with Crippen LogP contribution in [0.4, 0.5) is 0 Å². The molecule has 5 heteroatoms. The van der Waals surface area contributed by atoms with Gasteiger partial charge in [0.05, 0.1) is 17.8 Å². The molecule has 0 aromatic heterocycles. The average Bonchev–Trinajstić information content (AvgIpc) is 3.13. The Labute approximate surface area is 123 Å². The lowest BCUT2D eigenvalue weighted by Gasteiger charge is -2.32. The monoisotopic (exact) mass is 291 g/mol. The van der Waals surface area contributed by atoms with Crippen molar-refractivity contribution in [1.29, 1.82) is 0 Å². The first-order valence-electron chi connectivity index (χ1n) is 8.17. The van der Waals surface area contributed by atoms with E-state index in [1.54, 1.807) is 0 Å². The first kappa shape index (κ1) is 13.3. The van der Waals surface area contributed by atoms with E-state index < -0.39 is 5.97 Å². The molecule has 4 fully saturated rings. The van der Waals surface area contributed by atoms with Crippen LogP contribution in [-0.2, 0) is 14.4 Å². The number of fused-ring (bicyclic) bond motifs is 5. The van der Waals surface area contributed by atoms with Crippen LogP contribution in [0.15, 0.2) is 0 Å². The zero-order chi connectivity index (χ0) is 14.7. The Morgan fingerprint density at radius 2 is 1.43 bits per heavy atom. The van der Waals surface area contributed by atoms with Crippen LogP contribution in [0.3, 0.4) is 0 Å². The van der Waals surface area contributed by atoms with Crippen LogP contribution in [-0.4, -0.2) is 33.8 Å². The number of carboxylic acid groups (broad SMARTS) is 1. The third kappa shape index (κ3) is 1.79. The molecule has 1 heterocycles. The maximum Gasteiger partial charge on any atom is 0.306 e. The summed E-state index contributed by atoms with van der Waals surface area (Å²) in [5.74, 6) is -0.186. The molecule has 2 bridgehead atoms. The average molecular weight is 291 g/mol. The predicted octanol–water partition coefficient (Wildman–Crippen LogP) is 1.66. The van der Waals surface area contributed by atoms with Gasteiger partial charge in [0.1, 0.15) is 0 Å². The second kappa shape index (κ2) is 4.55. The molecule has 1 N–H and O–H groups in total. The van der Waals surface area contributed by atoms with Gasteiger partial charge in [-0.25, -0.2) is 0 Å². The van der Waals surface area contributed by atoms with Crippen LogP contribution in [0.2, 0.25) is 0 Å². The van der Waals surface area contributed by atoms with Crippen molar-refractivity contribution in [3.63, 3.8) is 0 Å². The number of carbonyl (C=O) groups is 3. The van der Waals surface area contributed by atoms with E-state index in [0.717, 1.165) is 19.3 Å². The number of aliphatic carboxylic acids is 1. The molecule has 5 nitrogen and oxygen atoms in total. The highest BCUT2D eigenvalue weighted by molar-refractivity contribution is 6.06. The summed E-state index contributed by atoms with van der Waals surface area (Å²) in [6.07, 6.45) is 5.74. The summed E-state index contributed by atoms with van der Waals surface area (Å²) < 4.78 is 0. The molecule has 0 aromatic rings. The van der Waals surface area contributed by atoms with Crippen LogP contribution in [0.25, 0.3) is 0 Å². The third-order valence-corrected chi connectivity index (χ3v) is 6.37. The van der Waals surface area contributed by atoms with Gasteiger partial charge in [-0.3, -0.25) is 19.3 Å². The largest absolute Gasteiger partial charge is 0.481 e. The maximum absolute atomic E-state index is 12.7. The Bertz CT molecular complexity index is 480. The molecule has 0 aromatic carbocycles. The molecule has 2 amide bonds. The van der Waals surface area contributed by atoms with Crippen molar-refractivity contribution in [3.8, 4) is 0 Å². The first-order chi connectivity index (χ1) is 10.1. The van der Waals surface area contributed by atoms with E-state index in [1.165, 1.54) is 4.90 Å². The van der Waals surface area contributed by atoms with Gasteiger partial charge >= 0.3 is 5.97 Å². The van der Waals surface area contributed by atoms with Crippen LogP contribution in [0, 0.1) is 29.6 Å². The molecule has 3 saturated carbocycles. The van der Waals surface area contributed by atoms with Gasteiger partial charge in [-0.05, 0) is 56.8 Å².